The molecule has 0 radical (unpaired) electrons. The summed E-state index contributed by atoms with van der Waals surface area (Å²) in [6.45, 7) is 2.08. The lowest BCUT2D eigenvalue weighted by Crippen LogP contribution is -2.20. The molecule has 0 N–H and O–H groups in total. The van der Waals surface area contributed by atoms with Crippen LogP contribution in [0, 0.1) is 6.92 Å². The number of halogens is 1. The van der Waals surface area contributed by atoms with Crippen LogP contribution in [-0.4, -0.2) is 15.7 Å². The molecule has 166 valence electrons. The number of nitrogens with zero attached hydrogens (tertiary/aromatic N) is 4. The molecule has 1 atom stereocenters. The minimum absolute atomic E-state index is 0.139. The fraction of sp³-hybridized carbons (Fsp3) is 0.107. The zero-order valence-corrected chi connectivity index (χ0v) is 19.3. The highest BCUT2D eigenvalue weighted by Gasteiger charge is 2.34. The van der Waals surface area contributed by atoms with Crippen molar-refractivity contribution in [2.75, 3.05) is 5.01 Å². The summed E-state index contributed by atoms with van der Waals surface area (Å²) in [6.07, 6.45) is 2.38. The molecule has 6 heteroatoms. The highest BCUT2D eigenvalue weighted by Crippen LogP contribution is 2.38. The molecule has 6 rings (SSSR count). The number of furan rings is 1. The second kappa shape index (κ2) is 8.43. The molecule has 1 aliphatic heterocycles. The van der Waals surface area contributed by atoms with Crippen LogP contribution in [0.15, 0.2) is 101 Å². The molecule has 34 heavy (non-hydrogen) atoms. The SMILES string of the molecule is Cc1ccc(C2=NN(c3nc(-c4ccccc4)c4cc(Cl)ccc4n3)[C@H](c3ccco3)C2)cc1. The Bertz CT molecular complexity index is 1500. The standard InChI is InChI=1S/C28H21ClN4O/c1-18-9-11-19(12-10-18)24-17-25(26-8-5-15-34-26)33(32-24)28-30-23-14-13-21(29)16-22(23)27(31-28)20-6-3-2-4-7-20/h2-16,25H,17H2,1H3/t25-/m0/s1. The molecule has 0 saturated carbocycles. The van der Waals surface area contributed by atoms with Crippen LogP contribution in [0.1, 0.15) is 29.3 Å². The second-order valence-corrected chi connectivity index (χ2v) is 8.83. The van der Waals surface area contributed by atoms with E-state index >= 15 is 0 Å². The quantitative estimate of drug-likeness (QED) is 0.282. The van der Waals surface area contributed by atoms with Crippen LogP contribution in [0.4, 0.5) is 5.95 Å². The van der Waals surface area contributed by atoms with Gasteiger partial charge >= 0.3 is 0 Å². The first kappa shape index (κ1) is 20.6. The third-order valence-corrected chi connectivity index (χ3v) is 6.30. The Morgan fingerprint density at radius 3 is 2.47 bits per heavy atom. The van der Waals surface area contributed by atoms with Gasteiger partial charge in [-0.1, -0.05) is 71.8 Å². The minimum atomic E-state index is -0.139. The van der Waals surface area contributed by atoms with Crippen molar-refractivity contribution < 1.29 is 4.42 Å². The number of aryl methyl sites for hydroxylation is 1. The number of hydrogen-bond acceptors (Lipinski definition) is 5. The summed E-state index contributed by atoms with van der Waals surface area (Å²) in [5.41, 5.74) is 5.90. The molecule has 0 aliphatic carbocycles. The Morgan fingerprint density at radius 1 is 0.882 bits per heavy atom. The number of hydrazone groups is 1. The first-order chi connectivity index (χ1) is 16.7. The van der Waals surface area contributed by atoms with E-state index in [0.29, 0.717) is 17.4 Å². The summed E-state index contributed by atoms with van der Waals surface area (Å²) in [5.74, 6) is 1.35. The first-order valence-electron chi connectivity index (χ1n) is 11.2. The van der Waals surface area contributed by atoms with Gasteiger partial charge in [0.15, 0.2) is 0 Å². The van der Waals surface area contributed by atoms with Gasteiger partial charge in [0.05, 0.1) is 23.2 Å². The Morgan fingerprint density at radius 2 is 1.71 bits per heavy atom. The maximum atomic E-state index is 6.33. The van der Waals surface area contributed by atoms with Crippen molar-refractivity contribution in [3.05, 3.63) is 113 Å². The molecule has 0 amide bonds. The summed E-state index contributed by atoms with van der Waals surface area (Å²) < 4.78 is 5.80. The molecule has 3 heterocycles. The van der Waals surface area contributed by atoms with Gasteiger partial charge in [0.1, 0.15) is 11.8 Å². The van der Waals surface area contributed by atoms with Crippen LogP contribution >= 0.6 is 11.6 Å². The van der Waals surface area contributed by atoms with Crippen molar-refractivity contribution in [2.24, 2.45) is 5.10 Å². The number of hydrogen-bond donors (Lipinski definition) is 0. The van der Waals surface area contributed by atoms with Gasteiger partial charge in [0.25, 0.3) is 0 Å². The minimum Gasteiger partial charge on any atom is -0.467 e. The predicted molar refractivity (Wildman–Crippen MR) is 136 cm³/mol. The van der Waals surface area contributed by atoms with Gasteiger partial charge in [-0.3, -0.25) is 0 Å². The molecule has 0 saturated heterocycles. The van der Waals surface area contributed by atoms with E-state index in [-0.39, 0.29) is 6.04 Å². The Kier molecular flexibility index (Phi) is 5.12. The Balaban J connectivity index is 1.53. The topological polar surface area (TPSA) is 54.5 Å². The zero-order valence-electron chi connectivity index (χ0n) is 18.5. The van der Waals surface area contributed by atoms with E-state index in [1.807, 2.05) is 65.7 Å². The van der Waals surface area contributed by atoms with E-state index in [0.717, 1.165) is 39.2 Å². The van der Waals surface area contributed by atoms with Gasteiger partial charge < -0.3 is 4.42 Å². The average molecular weight is 465 g/mol. The van der Waals surface area contributed by atoms with Crippen LogP contribution in [0.2, 0.25) is 5.02 Å². The summed E-state index contributed by atoms with van der Waals surface area (Å²) in [7, 11) is 0. The van der Waals surface area contributed by atoms with Crippen molar-refractivity contribution >= 4 is 34.2 Å². The van der Waals surface area contributed by atoms with Gasteiger partial charge in [-0.25, -0.2) is 15.0 Å². The van der Waals surface area contributed by atoms with Crippen molar-refractivity contribution in [3.63, 3.8) is 0 Å². The van der Waals surface area contributed by atoms with Crippen molar-refractivity contribution in [3.8, 4) is 11.3 Å². The number of anilines is 1. The van der Waals surface area contributed by atoms with E-state index in [4.69, 9.17) is 31.1 Å². The van der Waals surface area contributed by atoms with Crippen molar-refractivity contribution in [1.82, 2.24) is 9.97 Å². The van der Waals surface area contributed by atoms with Crippen LogP contribution in [-0.2, 0) is 0 Å². The maximum absolute atomic E-state index is 6.33. The van der Waals surface area contributed by atoms with E-state index in [1.165, 1.54) is 5.56 Å². The fourth-order valence-electron chi connectivity index (χ4n) is 4.32. The van der Waals surface area contributed by atoms with Gasteiger partial charge in [0, 0.05) is 22.4 Å². The molecule has 3 aromatic carbocycles. The Hall–Kier alpha value is -3.96. The zero-order chi connectivity index (χ0) is 23.1. The van der Waals surface area contributed by atoms with E-state index in [9.17, 15) is 0 Å². The molecule has 5 aromatic rings. The number of aromatic nitrogens is 2. The average Bonchev–Trinajstić information content (AvgIpc) is 3.55. The highest BCUT2D eigenvalue weighted by molar-refractivity contribution is 6.31. The summed E-state index contributed by atoms with van der Waals surface area (Å²) in [4.78, 5) is 9.90. The molecule has 0 fully saturated rings. The molecule has 1 aliphatic rings. The van der Waals surface area contributed by atoms with E-state index in [2.05, 4.69) is 31.2 Å². The van der Waals surface area contributed by atoms with Gasteiger partial charge in [-0.15, -0.1) is 0 Å². The summed E-state index contributed by atoms with van der Waals surface area (Å²) in [6, 6.07) is 27.9. The largest absolute Gasteiger partial charge is 0.467 e. The van der Waals surface area contributed by atoms with Crippen LogP contribution in [0.25, 0.3) is 22.2 Å². The van der Waals surface area contributed by atoms with Crippen molar-refractivity contribution in [2.45, 2.75) is 19.4 Å². The van der Waals surface area contributed by atoms with Crippen molar-refractivity contribution in [1.29, 1.82) is 0 Å². The molecule has 5 nitrogen and oxygen atoms in total. The van der Waals surface area contributed by atoms with Gasteiger partial charge in [-0.05, 0) is 42.8 Å². The molecule has 0 unspecified atom stereocenters. The van der Waals surface area contributed by atoms with E-state index < -0.39 is 0 Å². The van der Waals surface area contributed by atoms with Crippen LogP contribution < -0.4 is 5.01 Å². The molecular formula is C28H21ClN4O. The molecular weight excluding hydrogens is 444 g/mol. The number of fused-ring (bicyclic) bond motifs is 1. The van der Waals surface area contributed by atoms with Crippen LogP contribution in [0.5, 0.6) is 0 Å². The van der Waals surface area contributed by atoms with Crippen LogP contribution in [0.3, 0.4) is 0 Å². The smallest absolute Gasteiger partial charge is 0.248 e. The fourth-order valence-corrected chi connectivity index (χ4v) is 4.50. The lowest BCUT2D eigenvalue weighted by molar-refractivity contribution is 0.463. The third kappa shape index (κ3) is 3.74. The molecule has 0 bridgehead atoms. The lowest BCUT2D eigenvalue weighted by atomic mass is 10.0. The second-order valence-electron chi connectivity index (χ2n) is 8.39. The molecule has 0 spiro atoms. The van der Waals surface area contributed by atoms with Gasteiger partial charge in [-0.2, -0.15) is 5.10 Å². The monoisotopic (exact) mass is 464 g/mol. The number of benzene rings is 3. The van der Waals surface area contributed by atoms with Gasteiger partial charge in [0.2, 0.25) is 5.95 Å². The predicted octanol–water partition coefficient (Wildman–Crippen LogP) is 7.21. The third-order valence-electron chi connectivity index (χ3n) is 6.06. The number of rotatable bonds is 4. The summed E-state index contributed by atoms with van der Waals surface area (Å²) >= 11 is 6.33. The molecule has 2 aromatic heterocycles. The Labute approximate surface area is 202 Å². The summed E-state index contributed by atoms with van der Waals surface area (Å²) in [5, 5.41) is 8.43. The normalized spacial score (nSPS) is 15.6. The lowest BCUT2D eigenvalue weighted by Gasteiger charge is -2.21. The highest BCUT2D eigenvalue weighted by atomic mass is 35.5. The van der Waals surface area contributed by atoms with E-state index in [1.54, 1.807) is 6.26 Å². The first-order valence-corrected chi connectivity index (χ1v) is 11.5. The maximum Gasteiger partial charge on any atom is 0.248 e.